The van der Waals surface area contributed by atoms with E-state index in [1.807, 2.05) is 26.8 Å². The molecular weight excluding hydrogens is 320 g/mol. The van der Waals surface area contributed by atoms with E-state index in [0.29, 0.717) is 30.4 Å². The molecule has 0 aliphatic carbocycles. The Hall–Kier alpha value is -1.72. The van der Waals surface area contributed by atoms with Gasteiger partial charge in [-0.25, -0.2) is 4.79 Å². The first-order valence-electron chi connectivity index (χ1n) is 8.92. The van der Waals surface area contributed by atoms with Gasteiger partial charge in [-0.2, -0.15) is 0 Å². The molecule has 0 fully saturated rings. The summed E-state index contributed by atoms with van der Waals surface area (Å²) >= 11 is 0. The van der Waals surface area contributed by atoms with Crippen LogP contribution in [0.25, 0.3) is 0 Å². The minimum Gasteiger partial charge on any atom is -0.454 e. The SMILES string of the molecule is CC1=CC2(O)/C=C(/C)C[C@H]3C=C(CC[C@@H](C(C)C)[C@H](O2)C1=O)C(=O)O3. The number of hydrogen-bond donors (Lipinski definition) is 1. The second kappa shape index (κ2) is 6.54. The number of carbonyl (C=O) groups excluding carboxylic acids is 2. The van der Waals surface area contributed by atoms with Crippen LogP contribution in [-0.4, -0.2) is 34.9 Å². The Morgan fingerprint density at radius 3 is 2.64 bits per heavy atom. The van der Waals surface area contributed by atoms with Crippen LogP contribution in [0.3, 0.4) is 0 Å². The minimum absolute atomic E-state index is 0.0904. The predicted molar refractivity (Wildman–Crippen MR) is 92.5 cm³/mol. The molecule has 25 heavy (non-hydrogen) atoms. The topological polar surface area (TPSA) is 72.8 Å². The number of Topliss-reactive ketones (excluding diaryl/α,β-unsaturated/α-hetero) is 1. The van der Waals surface area contributed by atoms with Crippen LogP contribution in [0.2, 0.25) is 0 Å². The summed E-state index contributed by atoms with van der Waals surface area (Å²) in [4.78, 5) is 24.8. The molecule has 0 aromatic carbocycles. The largest absolute Gasteiger partial charge is 0.454 e. The number of rotatable bonds is 1. The first kappa shape index (κ1) is 18.1. The Balaban J connectivity index is 2.04. The van der Waals surface area contributed by atoms with E-state index in [9.17, 15) is 14.7 Å². The van der Waals surface area contributed by atoms with Crippen LogP contribution < -0.4 is 0 Å². The third kappa shape index (κ3) is 3.62. The van der Waals surface area contributed by atoms with E-state index in [1.54, 1.807) is 13.0 Å². The van der Waals surface area contributed by atoms with Gasteiger partial charge in [0.05, 0.1) is 0 Å². The summed E-state index contributed by atoms with van der Waals surface area (Å²) in [5.41, 5.74) is 2.03. The third-order valence-electron chi connectivity index (χ3n) is 5.26. The lowest BCUT2D eigenvalue weighted by atomic mass is 9.80. The highest BCUT2D eigenvalue weighted by molar-refractivity contribution is 5.99. The first-order valence-corrected chi connectivity index (χ1v) is 8.92. The number of carbonyl (C=O) groups is 2. The molecule has 3 aliphatic rings. The van der Waals surface area contributed by atoms with Gasteiger partial charge in [0.1, 0.15) is 12.2 Å². The van der Waals surface area contributed by atoms with Gasteiger partial charge in [-0.05, 0) is 62.3 Å². The van der Waals surface area contributed by atoms with Crippen LogP contribution in [0.1, 0.15) is 47.0 Å². The average molecular weight is 346 g/mol. The molecule has 4 bridgehead atoms. The standard InChI is InChI=1S/C20H26O5/c1-11(2)16-6-5-14-8-15(24-19(14)22)7-12(3)9-20(23)10-13(4)17(21)18(16)25-20/h8-11,15-16,18,23H,5-7H2,1-4H3/b12-9-/t15-,16-,18-,20?/m0/s1. The second-order valence-electron chi connectivity index (χ2n) is 7.76. The zero-order valence-electron chi connectivity index (χ0n) is 15.2. The number of aliphatic hydroxyl groups is 1. The lowest BCUT2D eigenvalue weighted by molar-refractivity contribution is -0.192. The molecule has 0 aromatic rings. The summed E-state index contributed by atoms with van der Waals surface area (Å²) in [6.45, 7) is 7.64. The van der Waals surface area contributed by atoms with Crippen LogP contribution in [-0.2, 0) is 19.1 Å². The summed E-state index contributed by atoms with van der Waals surface area (Å²) in [5, 5.41) is 10.9. The maximum Gasteiger partial charge on any atom is 0.334 e. The van der Waals surface area contributed by atoms with Gasteiger partial charge in [0.25, 0.3) is 0 Å². The van der Waals surface area contributed by atoms with Gasteiger partial charge in [0, 0.05) is 12.0 Å². The molecule has 0 saturated carbocycles. The molecule has 3 aliphatic heterocycles. The van der Waals surface area contributed by atoms with Gasteiger partial charge < -0.3 is 14.6 Å². The van der Waals surface area contributed by atoms with Crippen LogP contribution in [0.5, 0.6) is 0 Å². The predicted octanol–water partition coefficient (Wildman–Crippen LogP) is 2.84. The minimum atomic E-state index is -1.60. The molecule has 3 heterocycles. The Labute approximate surface area is 148 Å². The second-order valence-corrected chi connectivity index (χ2v) is 7.76. The monoisotopic (exact) mass is 346 g/mol. The molecule has 1 N–H and O–H groups in total. The maximum absolute atomic E-state index is 12.7. The van der Waals surface area contributed by atoms with Crippen LogP contribution >= 0.6 is 0 Å². The first-order chi connectivity index (χ1) is 11.7. The van der Waals surface area contributed by atoms with Crippen molar-refractivity contribution in [2.45, 2.75) is 65.0 Å². The van der Waals surface area contributed by atoms with Crippen LogP contribution in [0.15, 0.2) is 34.9 Å². The molecule has 0 aromatic heterocycles. The molecule has 5 nitrogen and oxygen atoms in total. The van der Waals surface area contributed by atoms with Gasteiger partial charge in [0.15, 0.2) is 5.78 Å². The van der Waals surface area contributed by atoms with Gasteiger partial charge >= 0.3 is 5.97 Å². The lowest BCUT2D eigenvalue weighted by Gasteiger charge is -2.38. The Bertz CT molecular complexity index is 684. The van der Waals surface area contributed by atoms with Gasteiger partial charge in [-0.1, -0.05) is 19.4 Å². The van der Waals surface area contributed by atoms with Crippen molar-refractivity contribution in [3.05, 3.63) is 34.9 Å². The number of fused-ring (bicyclic) bond motifs is 3. The summed E-state index contributed by atoms with van der Waals surface area (Å²) in [5.74, 6) is -1.89. The van der Waals surface area contributed by atoms with Crippen molar-refractivity contribution in [3.8, 4) is 0 Å². The fourth-order valence-corrected chi connectivity index (χ4v) is 3.97. The van der Waals surface area contributed by atoms with E-state index in [4.69, 9.17) is 9.47 Å². The Morgan fingerprint density at radius 1 is 1.24 bits per heavy atom. The van der Waals surface area contributed by atoms with Crippen molar-refractivity contribution in [1.29, 1.82) is 0 Å². The molecule has 0 amide bonds. The fraction of sp³-hybridized carbons (Fsp3) is 0.600. The number of esters is 1. The van der Waals surface area contributed by atoms with Crippen LogP contribution in [0, 0.1) is 11.8 Å². The van der Waals surface area contributed by atoms with E-state index in [2.05, 4.69) is 0 Å². The molecule has 3 rings (SSSR count). The Morgan fingerprint density at radius 2 is 1.96 bits per heavy atom. The maximum atomic E-state index is 12.7. The van der Waals surface area contributed by atoms with Crippen molar-refractivity contribution >= 4 is 11.8 Å². The molecule has 0 radical (unpaired) electrons. The lowest BCUT2D eigenvalue weighted by Crippen LogP contribution is -2.47. The van der Waals surface area contributed by atoms with Gasteiger partial charge in [-0.3, -0.25) is 4.79 Å². The molecular formula is C20H26O5. The highest BCUT2D eigenvalue weighted by Crippen LogP contribution is 2.36. The number of hydrogen-bond acceptors (Lipinski definition) is 5. The zero-order valence-corrected chi connectivity index (χ0v) is 15.2. The molecule has 136 valence electrons. The van der Waals surface area contributed by atoms with Gasteiger partial charge in [-0.15, -0.1) is 0 Å². The summed E-state index contributed by atoms with van der Waals surface area (Å²) in [6.07, 6.45) is 5.64. The van der Waals surface area contributed by atoms with Gasteiger partial charge in [0.2, 0.25) is 5.79 Å². The van der Waals surface area contributed by atoms with Crippen molar-refractivity contribution in [2.75, 3.05) is 0 Å². The fourth-order valence-electron chi connectivity index (χ4n) is 3.97. The van der Waals surface area contributed by atoms with E-state index >= 15 is 0 Å². The van der Waals surface area contributed by atoms with E-state index in [1.165, 1.54) is 6.08 Å². The average Bonchev–Trinajstić information content (AvgIpc) is 2.82. The Kier molecular flexibility index (Phi) is 4.73. The van der Waals surface area contributed by atoms with E-state index in [0.717, 1.165) is 5.57 Å². The molecule has 0 spiro atoms. The molecule has 0 saturated heterocycles. The van der Waals surface area contributed by atoms with Crippen LogP contribution in [0.4, 0.5) is 0 Å². The quantitative estimate of drug-likeness (QED) is 0.584. The smallest absolute Gasteiger partial charge is 0.334 e. The summed E-state index contributed by atoms with van der Waals surface area (Å²) in [7, 11) is 0. The van der Waals surface area contributed by atoms with Crippen molar-refractivity contribution in [3.63, 3.8) is 0 Å². The number of ether oxygens (including phenoxy) is 2. The van der Waals surface area contributed by atoms with Crippen molar-refractivity contribution in [2.24, 2.45) is 11.8 Å². The summed E-state index contributed by atoms with van der Waals surface area (Å²) in [6, 6.07) is 0. The van der Waals surface area contributed by atoms with Crippen molar-refractivity contribution < 1.29 is 24.2 Å². The highest BCUT2D eigenvalue weighted by atomic mass is 16.6. The normalized spacial score (nSPS) is 38.2. The zero-order chi connectivity index (χ0) is 18.4. The third-order valence-corrected chi connectivity index (χ3v) is 5.26. The molecule has 4 atom stereocenters. The molecule has 1 unspecified atom stereocenters. The molecule has 5 heteroatoms. The number of ketones is 1. The van der Waals surface area contributed by atoms with Crippen molar-refractivity contribution in [1.82, 2.24) is 0 Å². The van der Waals surface area contributed by atoms with E-state index in [-0.39, 0.29) is 29.7 Å². The summed E-state index contributed by atoms with van der Waals surface area (Å²) < 4.78 is 11.3. The van der Waals surface area contributed by atoms with E-state index < -0.39 is 11.9 Å². The highest BCUT2D eigenvalue weighted by Gasteiger charge is 2.42.